The van der Waals surface area contributed by atoms with Gasteiger partial charge in [0.15, 0.2) is 0 Å². The number of hydrogen-bond acceptors (Lipinski definition) is 1. The minimum absolute atomic E-state index is 0.335. The van der Waals surface area contributed by atoms with Gasteiger partial charge in [-0.3, -0.25) is 4.79 Å². The molecular formula is C17H22O. The maximum atomic E-state index is 11.4. The van der Waals surface area contributed by atoms with Gasteiger partial charge in [0.05, 0.1) is 0 Å². The van der Waals surface area contributed by atoms with Gasteiger partial charge >= 0.3 is 0 Å². The molecule has 0 bridgehead atoms. The van der Waals surface area contributed by atoms with E-state index in [1.165, 1.54) is 16.7 Å². The molecule has 0 aliphatic carbocycles. The van der Waals surface area contributed by atoms with E-state index in [9.17, 15) is 4.79 Å². The molecule has 0 saturated heterocycles. The van der Waals surface area contributed by atoms with Gasteiger partial charge in [0.2, 0.25) is 0 Å². The Morgan fingerprint density at radius 2 is 1.83 bits per heavy atom. The molecule has 18 heavy (non-hydrogen) atoms. The standard InChI is InChI=1S/C17H22O/c1-4-9-17(15-10-7-6-8-11-15)14(3)12-13-16(18)5-2/h4,6-11H,5,12-13H2,1-3H3/b9-4+,17-14+. The van der Waals surface area contributed by atoms with E-state index < -0.39 is 0 Å². The summed E-state index contributed by atoms with van der Waals surface area (Å²) in [5.41, 5.74) is 3.74. The zero-order valence-electron chi connectivity index (χ0n) is 11.6. The molecule has 1 aromatic rings. The Morgan fingerprint density at radius 3 is 2.39 bits per heavy atom. The molecule has 0 aliphatic heterocycles. The van der Waals surface area contributed by atoms with E-state index in [-0.39, 0.29) is 0 Å². The summed E-state index contributed by atoms with van der Waals surface area (Å²) < 4.78 is 0. The highest BCUT2D eigenvalue weighted by Gasteiger charge is 2.05. The monoisotopic (exact) mass is 242 g/mol. The molecule has 0 unspecified atom stereocenters. The Hall–Kier alpha value is -1.63. The van der Waals surface area contributed by atoms with Gasteiger partial charge in [-0.15, -0.1) is 0 Å². The molecule has 1 nitrogen and oxygen atoms in total. The van der Waals surface area contributed by atoms with E-state index >= 15 is 0 Å². The lowest BCUT2D eigenvalue weighted by Gasteiger charge is -2.09. The molecule has 0 saturated carbocycles. The third-order valence-electron chi connectivity index (χ3n) is 3.05. The maximum Gasteiger partial charge on any atom is 0.132 e. The number of allylic oxidation sites excluding steroid dienone is 4. The first-order valence-corrected chi connectivity index (χ1v) is 6.58. The predicted molar refractivity (Wildman–Crippen MR) is 78.4 cm³/mol. The quantitative estimate of drug-likeness (QED) is 0.655. The fourth-order valence-electron chi connectivity index (χ4n) is 1.91. The van der Waals surface area contributed by atoms with Crippen LogP contribution >= 0.6 is 0 Å². The van der Waals surface area contributed by atoms with Crippen LogP contribution in [0.5, 0.6) is 0 Å². The Balaban J connectivity index is 2.92. The lowest BCUT2D eigenvalue weighted by Crippen LogP contribution is -1.96. The van der Waals surface area contributed by atoms with Crippen LogP contribution in [0.15, 0.2) is 48.1 Å². The number of benzene rings is 1. The van der Waals surface area contributed by atoms with Gasteiger partial charge < -0.3 is 0 Å². The summed E-state index contributed by atoms with van der Waals surface area (Å²) >= 11 is 0. The molecule has 0 radical (unpaired) electrons. The second kappa shape index (κ2) is 7.65. The van der Waals surface area contributed by atoms with Crippen LogP contribution in [-0.4, -0.2) is 5.78 Å². The molecule has 0 fully saturated rings. The number of carbonyl (C=O) groups is 1. The van der Waals surface area contributed by atoms with Crippen molar-refractivity contribution in [2.75, 3.05) is 0 Å². The van der Waals surface area contributed by atoms with Crippen molar-refractivity contribution in [3.8, 4) is 0 Å². The first-order valence-electron chi connectivity index (χ1n) is 6.58. The Labute approximate surface area is 110 Å². The predicted octanol–water partition coefficient (Wildman–Crippen LogP) is 4.80. The molecule has 1 rings (SSSR count). The van der Waals surface area contributed by atoms with Gasteiger partial charge in [-0.1, -0.05) is 55.0 Å². The van der Waals surface area contributed by atoms with Gasteiger partial charge in [0.25, 0.3) is 0 Å². The van der Waals surface area contributed by atoms with E-state index in [1.807, 2.05) is 38.1 Å². The van der Waals surface area contributed by atoms with Crippen LogP contribution in [0.2, 0.25) is 0 Å². The molecule has 96 valence electrons. The average Bonchev–Trinajstić information content (AvgIpc) is 2.42. The number of carbonyl (C=O) groups excluding carboxylic acids is 1. The fraction of sp³-hybridized carbons (Fsp3) is 0.353. The molecule has 0 atom stereocenters. The maximum absolute atomic E-state index is 11.4. The fourth-order valence-corrected chi connectivity index (χ4v) is 1.91. The van der Waals surface area contributed by atoms with Crippen LogP contribution in [-0.2, 0) is 4.79 Å². The number of Topliss-reactive ketones (excluding diaryl/α,β-unsaturated/α-hetero) is 1. The second-order valence-corrected chi connectivity index (χ2v) is 4.45. The second-order valence-electron chi connectivity index (χ2n) is 4.45. The molecule has 0 N–H and O–H groups in total. The first kappa shape index (κ1) is 14.4. The van der Waals surface area contributed by atoms with E-state index in [4.69, 9.17) is 0 Å². The van der Waals surface area contributed by atoms with Crippen LogP contribution in [0.1, 0.15) is 45.6 Å². The molecule has 1 aromatic carbocycles. The highest BCUT2D eigenvalue weighted by Crippen LogP contribution is 2.23. The van der Waals surface area contributed by atoms with Crippen molar-refractivity contribution in [2.45, 2.75) is 40.0 Å². The number of ketones is 1. The summed E-state index contributed by atoms with van der Waals surface area (Å²) in [6, 6.07) is 10.3. The Bertz CT molecular complexity index is 438. The minimum Gasteiger partial charge on any atom is -0.300 e. The third-order valence-corrected chi connectivity index (χ3v) is 3.05. The smallest absolute Gasteiger partial charge is 0.132 e. The number of hydrogen-bond donors (Lipinski definition) is 0. The van der Waals surface area contributed by atoms with Crippen LogP contribution < -0.4 is 0 Å². The zero-order chi connectivity index (χ0) is 13.4. The topological polar surface area (TPSA) is 17.1 Å². The van der Waals surface area contributed by atoms with Gasteiger partial charge in [0.1, 0.15) is 5.78 Å². The highest BCUT2D eigenvalue weighted by atomic mass is 16.1. The van der Waals surface area contributed by atoms with Gasteiger partial charge in [-0.05, 0) is 31.4 Å². The summed E-state index contributed by atoms with van der Waals surface area (Å²) in [6.07, 6.45) is 6.31. The summed E-state index contributed by atoms with van der Waals surface area (Å²) in [6.45, 7) is 6.06. The van der Waals surface area contributed by atoms with Crippen LogP contribution in [0.3, 0.4) is 0 Å². The van der Waals surface area contributed by atoms with Crippen LogP contribution in [0.25, 0.3) is 5.57 Å². The minimum atomic E-state index is 0.335. The molecule has 0 aliphatic rings. The summed E-state index contributed by atoms with van der Waals surface area (Å²) in [5, 5.41) is 0. The van der Waals surface area contributed by atoms with Crippen molar-refractivity contribution in [1.29, 1.82) is 0 Å². The molecule has 0 heterocycles. The largest absolute Gasteiger partial charge is 0.300 e. The summed E-state index contributed by atoms with van der Waals surface area (Å²) in [5.74, 6) is 0.335. The van der Waals surface area contributed by atoms with Crippen molar-refractivity contribution in [3.63, 3.8) is 0 Å². The van der Waals surface area contributed by atoms with Crippen molar-refractivity contribution in [2.24, 2.45) is 0 Å². The van der Waals surface area contributed by atoms with E-state index in [1.54, 1.807) is 0 Å². The average molecular weight is 242 g/mol. The van der Waals surface area contributed by atoms with Crippen LogP contribution in [0, 0.1) is 0 Å². The SMILES string of the molecule is C/C=C/C(=C(/C)CCC(=O)CC)c1ccccc1. The van der Waals surface area contributed by atoms with Gasteiger partial charge in [-0.2, -0.15) is 0 Å². The normalized spacial score (nSPS) is 12.6. The van der Waals surface area contributed by atoms with Crippen molar-refractivity contribution in [3.05, 3.63) is 53.6 Å². The Morgan fingerprint density at radius 1 is 1.17 bits per heavy atom. The van der Waals surface area contributed by atoms with Gasteiger partial charge in [0, 0.05) is 12.8 Å². The zero-order valence-corrected chi connectivity index (χ0v) is 11.6. The van der Waals surface area contributed by atoms with Crippen molar-refractivity contribution < 1.29 is 4.79 Å². The molecular weight excluding hydrogens is 220 g/mol. The van der Waals surface area contributed by atoms with E-state index in [2.05, 4.69) is 25.1 Å². The molecule has 1 heteroatoms. The van der Waals surface area contributed by atoms with E-state index in [0.717, 1.165) is 6.42 Å². The van der Waals surface area contributed by atoms with Crippen molar-refractivity contribution >= 4 is 11.4 Å². The third kappa shape index (κ3) is 4.33. The highest BCUT2D eigenvalue weighted by molar-refractivity contribution is 5.80. The van der Waals surface area contributed by atoms with Crippen LogP contribution in [0.4, 0.5) is 0 Å². The molecule has 0 amide bonds. The molecule has 0 spiro atoms. The summed E-state index contributed by atoms with van der Waals surface area (Å²) in [7, 11) is 0. The van der Waals surface area contributed by atoms with E-state index in [0.29, 0.717) is 18.6 Å². The lowest BCUT2D eigenvalue weighted by atomic mass is 9.96. The van der Waals surface area contributed by atoms with Crippen molar-refractivity contribution in [1.82, 2.24) is 0 Å². The van der Waals surface area contributed by atoms with Gasteiger partial charge in [-0.25, -0.2) is 0 Å². The molecule has 0 aromatic heterocycles. The number of rotatable bonds is 6. The lowest BCUT2D eigenvalue weighted by molar-refractivity contribution is -0.118. The Kier molecular flexibility index (Phi) is 6.13. The first-order chi connectivity index (χ1) is 8.69. The summed E-state index contributed by atoms with van der Waals surface area (Å²) in [4.78, 5) is 11.4.